The number of fused-ring (bicyclic) bond motifs is 1. The fraction of sp³-hybridized carbons (Fsp3) is 0.448. The van der Waals surface area contributed by atoms with E-state index in [4.69, 9.17) is 18.6 Å². The van der Waals surface area contributed by atoms with Crippen LogP contribution in [0.15, 0.2) is 45.6 Å². The number of aryl methyl sites for hydroxylation is 1. The molecule has 11 heteroatoms. The minimum atomic E-state index is -0.927. The van der Waals surface area contributed by atoms with E-state index < -0.39 is 35.5 Å². The van der Waals surface area contributed by atoms with Crippen LogP contribution in [0, 0.1) is 11.3 Å². The normalized spacial score (nSPS) is 16.6. The number of hydrogen-bond donors (Lipinski definition) is 1. The Hall–Kier alpha value is -4.30. The predicted octanol–water partition coefficient (Wildman–Crippen LogP) is 3.38. The molecule has 1 aliphatic rings. The quantitative estimate of drug-likeness (QED) is 0.493. The average Bonchev–Trinajstić information content (AvgIpc) is 3.07. The van der Waals surface area contributed by atoms with Crippen molar-refractivity contribution in [2.75, 3.05) is 26.8 Å². The zero-order chi connectivity index (χ0) is 29.0. The van der Waals surface area contributed by atoms with Crippen LogP contribution in [0.5, 0.6) is 5.75 Å². The summed E-state index contributed by atoms with van der Waals surface area (Å²) in [5.41, 5.74) is 2.95. The monoisotopic (exact) mass is 550 g/mol. The summed E-state index contributed by atoms with van der Waals surface area (Å²) in [7, 11) is 3.18. The van der Waals surface area contributed by atoms with E-state index in [0.717, 1.165) is 16.7 Å². The molecule has 2 aromatic carbocycles. The lowest BCUT2D eigenvalue weighted by molar-refractivity contribution is -0.133. The van der Waals surface area contributed by atoms with Gasteiger partial charge in [-0.1, -0.05) is 18.2 Å². The van der Waals surface area contributed by atoms with E-state index in [-0.39, 0.29) is 13.0 Å². The summed E-state index contributed by atoms with van der Waals surface area (Å²) in [5, 5.41) is 12.6. The molecule has 40 heavy (non-hydrogen) atoms. The number of amides is 2. The van der Waals surface area contributed by atoms with Crippen LogP contribution in [0.25, 0.3) is 22.2 Å². The van der Waals surface area contributed by atoms with Crippen LogP contribution in [-0.4, -0.2) is 66.0 Å². The smallest absolute Gasteiger partial charge is 0.419 e. The van der Waals surface area contributed by atoms with Gasteiger partial charge in [0, 0.05) is 26.6 Å². The van der Waals surface area contributed by atoms with Crippen molar-refractivity contribution in [3.05, 3.63) is 52.5 Å². The molecule has 1 N–H and O–H groups in total. The van der Waals surface area contributed by atoms with Crippen molar-refractivity contribution in [2.45, 2.75) is 51.4 Å². The number of carbonyl (C=O) groups excluding carboxylic acids is 2. The molecule has 2 atom stereocenters. The zero-order valence-corrected chi connectivity index (χ0v) is 23.4. The fourth-order valence-corrected chi connectivity index (χ4v) is 4.49. The fourth-order valence-electron chi connectivity index (χ4n) is 4.49. The van der Waals surface area contributed by atoms with Crippen molar-refractivity contribution in [3.8, 4) is 22.9 Å². The largest absolute Gasteiger partial charge is 0.496 e. The highest BCUT2D eigenvalue weighted by Gasteiger charge is 2.31. The summed E-state index contributed by atoms with van der Waals surface area (Å²) >= 11 is 0. The van der Waals surface area contributed by atoms with Gasteiger partial charge in [0.25, 0.3) is 5.91 Å². The highest BCUT2D eigenvalue weighted by Crippen LogP contribution is 2.30. The molecular weight excluding hydrogens is 516 g/mol. The highest BCUT2D eigenvalue weighted by molar-refractivity contribution is 5.83. The molecular formula is C29H34N4O7. The summed E-state index contributed by atoms with van der Waals surface area (Å²) < 4.78 is 23.4. The summed E-state index contributed by atoms with van der Waals surface area (Å²) in [6.45, 7) is 6.09. The third-order valence-corrected chi connectivity index (χ3v) is 6.53. The third kappa shape index (κ3) is 6.63. The minimum absolute atomic E-state index is 0.0313. The molecule has 2 heterocycles. The number of hydrogen-bond acceptors (Lipinski definition) is 8. The molecule has 0 bridgehead atoms. The predicted molar refractivity (Wildman–Crippen MR) is 147 cm³/mol. The summed E-state index contributed by atoms with van der Waals surface area (Å²) in [6, 6.07) is 12.3. The second-order valence-corrected chi connectivity index (χ2v) is 10.7. The Morgan fingerprint density at radius 2 is 1.93 bits per heavy atom. The molecule has 0 aliphatic carbocycles. The highest BCUT2D eigenvalue weighted by atomic mass is 16.6. The Morgan fingerprint density at radius 1 is 1.20 bits per heavy atom. The lowest BCUT2D eigenvalue weighted by atomic mass is 9.99. The number of oxazole rings is 1. The Morgan fingerprint density at radius 3 is 2.62 bits per heavy atom. The van der Waals surface area contributed by atoms with Crippen molar-refractivity contribution in [1.29, 1.82) is 5.26 Å². The van der Waals surface area contributed by atoms with Gasteiger partial charge in [-0.25, -0.2) is 9.59 Å². The number of rotatable bonds is 6. The average molecular weight is 551 g/mol. The van der Waals surface area contributed by atoms with Gasteiger partial charge in [-0.3, -0.25) is 9.36 Å². The van der Waals surface area contributed by atoms with Crippen molar-refractivity contribution >= 4 is 23.1 Å². The topological polar surface area (TPSA) is 136 Å². The van der Waals surface area contributed by atoms with Gasteiger partial charge in [0.2, 0.25) is 0 Å². The van der Waals surface area contributed by atoms with E-state index in [1.54, 1.807) is 33.9 Å². The molecule has 11 nitrogen and oxygen atoms in total. The molecule has 1 unspecified atom stereocenters. The van der Waals surface area contributed by atoms with E-state index in [0.29, 0.717) is 36.4 Å². The molecule has 1 aromatic heterocycles. The number of carbonyl (C=O) groups is 2. The van der Waals surface area contributed by atoms with E-state index in [1.807, 2.05) is 30.3 Å². The van der Waals surface area contributed by atoms with Crippen LogP contribution < -0.4 is 15.8 Å². The van der Waals surface area contributed by atoms with Gasteiger partial charge < -0.3 is 28.8 Å². The number of nitrogens with zero attached hydrogens (tertiary/aromatic N) is 3. The standard InChI is InChI=1S/C29H34N4O7/c1-29(2,3)40-28(36)33-11-6-12-38-25(17-33)26(34)31-21(16-30)13-20-8-7-19(15-24(20)37-5)18-9-10-23-22(14-18)32(4)27(35)39-23/h7-10,14-15,21,25H,6,11-13,17H2,1-5H3,(H,31,34)/t21-,25?/m0/s1. The first kappa shape index (κ1) is 28.7. The number of benzene rings is 2. The molecule has 1 aliphatic heterocycles. The van der Waals surface area contributed by atoms with Crippen LogP contribution in [0.2, 0.25) is 0 Å². The summed E-state index contributed by atoms with van der Waals surface area (Å²) in [6.07, 6.45) is -0.669. The molecule has 1 saturated heterocycles. The number of nitriles is 1. The minimum Gasteiger partial charge on any atom is -0.496 e. The van der Waals surface area contributed by atoms with Gasteiger partial charge in [-0.15, -0.1) is 0 Å². The molecule has 212 valence electrons. The Bertz CT molecular complexity index is 1490. The van der Waals surface area contributed by atoms with E-state index in [2.05, 4.69) is 11.4 Å². The van der Waals surface area contributed by atoms with Gasteiger partial charge in [-0.05, 0) is 62.1 Å². The molecule has 0 radical (unpaired) electrons. The number of methoxy groups -OCH3 is 1. The van der Waals surface area contributed by atoms with Crippen LogP contribution in [0.4, 0.5) is 4.79 Å². The maximum atomic E-state index is 13.1. The first-order valence-corrected chi connectivity index (χ1v) is 13.1. The molecule has 3 aromatic rings. The van der Waals surface area contributed by atoms with Crippen LogP contribution in [0.3, 0.4) is 0 Å². The maximum Gasteiger partial charge on any atom is 0.419 e. The summed E-state index contributed by atoms with van der Waals surface area (Å²) in [4.78, 5) is 38.9. The number of aromatic nitrogens is 1. The molecule has 4 rings (SSSR count). The van der Waals surface area contributed by atoms with Crippen LogP contribution >= 0.6 is 0 Å². The second kappa shape index (κ2) is 11.8. The van der Waals surface area contributed by atoms with Gasteiger partial charge in [0.1, 0.15) is 17.4 Å². The summed E-state index contributed by atoms with van der Waals surface area (Å²) in [5.74, 6) is -0.358. The van der Waals surface area contributed by atoms with Crippen LogP contribution in [0.1, 0.15) is 32.8 Å². The van der Waals surface area contributed by atoms with Crippen molar-refractivity contribution in [3.63, 3.8) is 0 Å². The third-order valence-electron chi connectivity index (χ3n) is 6.53. The van der Waals surface area contributed by atoms with E-state index in [1.165, 1.54) is 16.6 Å². The molecule has 0 spiro atoms. The van der Waals surface area contributed by atoms with Gasteiger partial charge in [0.15, 0.2) is 11.7 Å². The SMILES string of the molecule is COc1cc(-c2ccc3oc(=O)n(C)c3c2)ccc1C[C@@H](C#N)NC(=O)C1CN(C(=O)OC(C)(C)C)CCCO1. The van der Waals surface area contributed by atoms with E-state index in [9.17, 15) is 19.6 Å². The Kier molecular flexibility index (Phi) is 8.49. The number of ether oxygens (including phenoxy) is 3. The first-order chi connectivity index (χ1) is 19.0. The van der Waals surface area contributed by atoms with Gasteiger partial charge in [0.05, 0.1) is 25.2 Å². The van der Waals surface area contributed by atoms with Gasteiger partial charge in [-0.2, -0.15) is 5.26 Å². The van der Waals surface area contributed by atoms with E-state index >= 15 is 0 Å². The number of nitrogens with one attached hydrogen (secondary N) is 1. The van der Waals surface area contributed by atoms with Gasteiger partial charge >= 0.3 is 11.8 Å². The first-order valence-electron chi connectivity index (χ1n) is 13.1. The molecule has 2 amide bonds. The second-order valence-electron chi connectivity index (χ2n) is 10.7. The van der Waals surface area contributed by atoms with Crippen molar-refractivity contribution < 1.29 is 28.2 Å². The van der Waals surface area contributed by atoms with Crippen molar-refractivity contribution in [2.24, 2.45) is 7.05 Å². The Labute approximate surface area is 232 Å². The molecule has 1 fully saturated rings. The van der Waals surface area contributed by atoms with Crippen LogP contribution in [-0.2, 0) is 27.7 Å². The maximum absolute atomic E-state index is 13.1. The van der Waals surface area contributed by atoms with Crippen molar-refractivity contribution in [1.82, 2.24) is 14.8 Å². The lowest BCUT2D eigenvalue weighted by Crippen LogP contribution is -2.48. The lowest BCUT2D eigenvalue weighted by Gasteiger charge is -2.27. The zero-order valence-electron chi connectivity index (χ0n) is 23.4. The molecule has 0 saturated carbocycles. The Balaban J connectivity index is 1.46.